The van der Waals surface area contributed by atoms with Gasteiger partial charge in [-0.3, -0.25) is 0 Å². The fraction of sp³-hybridized carbons (Fsp3) is 0.571. The molecule has 1 saturated carbocycles. The monoisotopic (exact) mass is 204 g/mol. The summed E-state index contributed by atoms with van der Waals surface area (Å²) in [6, 6.07) is 8.63. The van der Waals surface area contributed by atoms with E-state index in [0.717, 1.165) is 30.6 Å². The number of hydrogen-bond donors (Lipinski definition) is 0. The third kappa shape index (κ3) is 2.74. The predicted octanol–water partition coefficient (Wildman–Crippen LogP) is 3.99. The minimum Gasteiger partial charge on any atom is -0.494 e. The Morgan fingerprint density at radius 3 is 2.47 bits per heavy atom. The molecule has 1 atom stereocenters. The number of benzene rings is 1. The van der Waals surface area contributed by atoms with E-state index < -0.39 is 0 Å². The number of ether oxygens (including phenoxy) is 1. The average molecular weight is 204 g/mol. The summed E-state index contributed by atoms with van der Waals surface area (Å²) in [6.07, 6.45) is 3.89. The second-order valence-electron chi connectivity index (χ2n) is 4.54. The first kappa shape index (κ1) is 10.5. The fourth-order valence-corrected chi connectivity index (χ4v) is 1.96. The lowest BCUT2D eigenvalue weighted by molar-refractivity contribution is 0.317. The van der Waals surface area contributed by atoms with Gasteiger partial charge in [-0.25, -0.2) is 0 Å². The SMILES string of the molecule is CCCOc1ccc(C(C)C2CC2)cc1. The molecule has 15 heavy (non-hydrogen) atoms. The van der Waals surface area contributed by atoms with Crippen molar-refractivity contribution < 1.29 is 4.74 Å². The van der Waals surface area contributed by atoms with Gasteiger partial charge in [0.2, 0.25) is 0 Å². The van der Waals surface area contributed by atoms with Crippen molar-refractivity contribution in [1.82, 2.24) is 0 Å². The van der Waals surface area contributed by atoms with Crippen molar-refractivity contribution in [1.29, 1.82) is 0 Å². The molecule has 1 aromatic rings. The van der Waals surface area contributed by atoms with Gasteiger partial charge in [0.05, 0.1) is 6.61 Å². The third-order valence-electron chi connectivity index (χ3n) is 3.21. The molecular formula is C14H20O. The van der Waals surface area contributed by atoms with Gasteiger partial charge in [0, 0.05) is 0 Å². The van der Waals surface area contributed by atoms with E-state index in [1.54, 1.807) is 0 Å². The first-order valence-corrected chi connectivity index (χ1v) is 6.04. The van der Waals surface area contributed by atoms with Crippen LogP contribution in [0, 0.1) is 5.92 Å². The van der Waals surface area contributed by atoms with Gasteiger partial charge < -0.3 is 4.74 Å². The standard InChI is InChI=1S/C14H20O/c1-3-10-15-14-8-6-13(7-9-14)11(2)12-4-5-12/h6-9,11-12H,3-5,10H2,1-2H3. The van der Waals surface area contributed by atoms with E-state index in [4.69, 9.17) is 4.74 Å². The second-order valence-corrected chi connectivity index (χ2v) is 4.54. The molecule has 0 heterocycles. The van der Waals surface area contributed by atoms with Gasteiger partial charge in [0.15, 0.2) is 0 Å². The van der Waals surface area contributed by atoms with Crippen LogP contribution >= 0.6 is 0 Å². The molecular weight excluding hydrogens is 184 g/mol. The van der Waals surface area contributed by atoms with Crippen LogP contribution in [0.25, 0.3) is 0 Å². The van der Waals surface area contributed by atoms with E-state index in [1.807, 2.05) is 0 Å². The maximum atomic E-state index is 5.57. The Balaban J connectivity index is 1.96. The highest BCUT2D eigenvalue weighted by Crippen LogP contribution is 2.42. The van der Waals surface area contributed by atoms with Gasteiger partial charge in [0.25, 0.3) is 0 Å². The second kappa shape index (κ2) is 4.69. The number of hydrogen-bond acceptors (Lipinski definition) is 1. The van der Waals surface area contributed by atoms with Crippen molar-refractivity contribution in [3.05, 3.63) is 29.8 Å². The van der Waals surface area contributed by atoms with Crippen LogP contribution in [-0.2, 0) is 0 Å². The molecule has 0 amide bonds. The first-order chi connectivity index (χ1) is 7.31. The van der Waals surface area contributed by atoms with E-state index in [1.165, 1.54) is 18.4 Å². The number of rotatable bonds is 5. The molecule has 2 rings (SSSR count). The molecule has 0 spiro atoms. The zero-order chi connectivity index (χ0) is 10.7. The molecule has 1 heteroatoms. The van der Waals surface area contributed by atoms with Crippen molar-refractivity contribution in [2.24, 2.45) is 5.92 Å². The first-order valence-electron chi connectivity index (χ1n) is 6.04. The summed E-state index contributed by atoms with van der Waals surface area (Å²) < 4.78 is 5.57. The summed E-state index contributed by atoms with van der Waals surface area (Å²) >= 11 is 0. The van der Waals surface area contributed by atoms with Crippen molar-refractivity contribution in [3.8, 4) is 5.75 Å². The third-order valence-corrected chi connectivity index (χ3v) is 3.21. The molecule has 1 aromatic carbocycles. The highest BCUT2D eigenvalue weighted by atomic mass is 16.5. The summed E-state index contributed by atoms with van der Waals surface area (Å²) in [5, 5.41) is 0. The maximum Gasteiger partial charge on any atom is 0.119 e. The molecule has 0 radical (unpaired) electrons. The molecule has 0 aromatic heterocycles. The Hall–Kier alpha value is -0.980. The predicted molar refractivity (Wildman–Crippen MR) is 63.4 cm³/mol. The van der Waals surface area contributed by atoms with Crippen LogP contribution in [0.1, 0.15) is 44.6 Å². The zero-order valence-electron chi connectivity index (χ0n) is 9.70. The minimum absolute atomic E-state index is 0.727. The Kier molecular flexibility index (Phi) is 3.30. The fourth-order valence-electron chi connectivity index (χ4n) is 1.96. The lowest BCUT2D eigenvalue weighted by Gasteiger charge is -2.11. The zero-order valence-corrected chi connectivity index (χ0v) is 9.70. The molecule has 1 nitrogen and oxygen atoms in total. The van der Waals surface area contributed by atoms with Gasteiger partial charge in [-0.15, -0.1) is 0 Å². The summed E-state index contributed by atoms with van der Waals surface area (Å²) in [4.78, 5) is 0. The molecule has 0 aliphatic heterocycles. The van der Waals surface area contributed by atoms with Crippen molar-refractivity contribution >= 4 is 0 Å². The Morgan fingerprint density at radius 1 is 1.27 bits per heavy atom. The largest absolute Gasteiger partial charge is 0.494 e. The van der Waals surface area contributed by atoms with E-state index in [2.05, 4.69) is 38.1 Å². The van der Waals surface area contributed by atoms with Gasteiger partial charge in [0.1, 0.15) is 5.75 Å². The van der Waals surface area contributed by atoms with Gasteiger partial charge in [-0.1, -0.05) is 26.0 Å². The molecule has 0 bridgehead atoms. The van der Waals surface area contributed by atoms with E-state index in [9.17, 15) is 0 Å². The lowest BCUT2D eigenvalue weighted by Crippen LogP contribution is -1.97. The smallest absolute Gasteiger partial charge is 0.119 e. The Bertz CT molecular complexity index is 298. The Labute approximate surface area is 92.5 Å². The molecule has 1 aliphatic carbocycles. The summed E-state index contributed by atoms with van der Waals surface area (Å²) in [5.74, 6) is 2.67. The van der Waals surface area contributed by atoms with Gasteiger partial charge in [-0.05, 0) is 48.8 Å². The molecule has 82 valence electrons. The van der Waals surface area contributed by atoms with Crippen LogP contribution in [0.2, 0.25) is 0 Å². The minimum atomic E-state index is 0.727. The van der Waals surface area contributed by atoms with Gasteiger partial charge >= 0.3 is 0 Å². The molecule has 1 unspecified atom stereocenters. The highest BCUT2D eigenvalue weighted by Gasteiger charge is 2.28. The topological polar surface area (TPSA) is 9.23 Å². The van der Waals surface area contributed by atoms with Crippen LogP contribution in [0.3, 0.4) is 0 Å². The summed E-state index contributed by atoms with van der Waals surface area (Å²) in [6.45, 7) is 5.28. The van der Waals surface area contributed by atoms with Crippen molar-refractivity contribution in [2.75, 3.05) is 6.61 Å². The molecule has 1 aliphatic rings. The van der Waals surface area contributed by atoms with Crippen LogP contribution in [0.15, 0.2) is 24.3 Å². The van der Waals surface area contributed by atoms with E-state index in [0.29, 0.717) is 0 Å². The van der Waals surface area contributed by atoms with Crippen molar-refractivity contribution in [2.45, 2.75) is 39.0 Å². The molecule has 0 saturated heterocycles. The van der Waals surface area contributed by atoms with Gasteiger partial charge in [-0.2, -0.15) is 0 Å². The molecule has 1 fully saturated rings. The average Bonchev–Trinajstić information content (AvgIpc) is 3.10. The van der Waals surface area contributed by atoms with Crippen LogP contribution in [0.4, 0.5) is 0 Å². The van der Waals surface area contributed by atoms with Crippen LogP contribution in [0.5, 0.6) is 5.75 Å². The van der Waals surface area contributed by atoms with Crippen LogP contribution in [-0.4, -0.2) is 6.61 Å². The van der Waals surface area contributed by atoms with E-state index >= 15 is 0 Å². The summed E-state index contributed by atoms with van der Waals surface area (Å²) in [7, 11) is 0. The van der Waals surface area contributed by atoms with Crippen molar-refractivity contribution in [3.63, 3.8) is 0 Å². The normalized spacial score (nSPS) is 17.5. The maximum absolute atomic E-state index is 5.57. The highest BCUT2D eigenvalue weighted by molar-refractivity contribution is 5.30. The van der Waals surface area contributed by atoms with E-state index in [-0.39, 0.29) is 0 Å². The molecule has 0 N–H and O–H groups in total. The Morgan fingerprint density at radius 2 is 1.93 bits per heavy atom. The lowest BCUT2D eigenvalue weighted by atomic mass is 9.96. The quantitative estimate of drug-likeness (QED) is 0.704. The van der Waals surface area contributed by atoms with Crippen LogP contribution < -0.4 is 4.74 Å². The summed E-state index contributed by atoms with van der Waals surface area (Å²) in [5.41, 5.74) is 1.46.